The van der Waals surface area contributed by atoms with Crippen molar-refractivity contribution in [2.24, 2.45) is 0 Å². The highest BCUT2D eigenvalue weighted by molar-refractivity contribution is 7.71. The SMILES string of the molecule is CCCCc1ccc(-c2csc(NC(=O)Cn3c(-c4ccc(Cl)cc4)n[nH]c3=S)n2)cc1. The number of carbonyl (C=O) groups is 1. The predicted molar refractivity (Wildman–Crippen MR) is 133 cm³/mol. The summed E-state index contributed by atoms with van der Waals surface area (Å²) in [5, 5.41) is 13.0. The maximum absolute atomic E-state index is 12.7. The van der Waals surface area contributed by atoms with Crippen LogP contribution in [0.4, 0.5) is 5.13 Å². The summed E-state index contributed by atoms with van der Waals surface area (Å²) in [6, 6.07) is 15.6. The number of hydrogen-bond donors (Lipinski definition) is 2. The first-order valence-corrected chi connectivity index (χ1v) is 12.0. The van der Waals surface area contributed by atoms with Crippen molar-refractivity contribution in [1.82, 2.24) is 19.7 Å². The summed E-state index contributed by atoms with van der Waals surface area (Å²) in [6.07, 6.45) is 3.46. The van der Waals surface area contributed by atoms with E-state index in [1.165, 1.54) is 29.7 Å². The van der Waals surface area contributed by atoms with Gasteiger partial charge in [-0.2, -0.15) is 5.10 Å². The van der Waals surface area contributed by atoms with Gasteiger partial charge in [0.15, 0.2) is 15.7 Å². The quantitative estimate of drug-likeness (QED) is 0.286. The number of thiazole rings is 1. The molecule has 164 valence electrons. The molecule has 0 radical (unpaired) electrons. The van der Waals surface area contributed by atoms with Gasteiger partial charge in [-0.05, 0) is 54.9 Å². The van der Waals surface area contributed by atoms with Gasteiger partial charge in [-0.15, -0.1) is 11.3 Å². The van der Waals surface area contributed by atoms with Crippen molar-refractivity contribution < 1.29 is 4.79 Å². The van der Waals surface area contributed by atoms with Crippen LogP contribution in [0.2, 0.25) is 5.02 Å². The van der Waals surface area contributed by atoms with E-state index in [1.54, 1.807) is 16.7 Å². The second-order valence-electron chi connectivity index (χ2n) is 7.33. The zero-order chi connectivity index (χ0) is 22.5. The summed E-state index contributed by atoms with van der Waals surface area (Å²) in [5.41, 5.74) is 4.01. The van der Waals surface area contributed by atoms with Crippen LogP contribution in [0.25, 0.3) is 22.6 Å². The van der Waals surface area contributed by atoms with E-state index in [9.17, 15) is 4.79 Å². The molecule has 0 unspecified atom stereocenters. The van der Waals surface area contributed by atoms with Gasteiger partial charge < -0.3 is 5.32 Å². The average molecular weight is 484 g/mol. The van der Waals surface area contributed by atoms with Gasteiger partial charge in [0.05, 0.1) is 5.69 Å². The number of amides is 1. The van der Waals surface area contributed by atoms with Gasteiger partial charge in [0, 0.05) is 21.5 Å². The molecular weight excluding hydrogens is 462 g/mol. The van der Waals surface area contributed by atoms with Crippen LogP contribution in [0.1, 0.15) is 25.3 Å². The number of halogens is 1. The van der Waals surface area contributed by atoms with Gasteiger partial charge in [-0.25, -0.2) is 4.98 Å². The number of nitrogens with one attached hydrogen (secondary N) is 2. The number of H-pyrrole nitrogens is 1. The molecule has 2 N–H and O–H groups in total. The molecule has 0 spiro atoms. The van der Waals surface area contributed by atoms with E-state index < -0.39 is 0 Å². The molecule has 0 saturated carbocycles. The van der Waals surface area contributed by atoms with Gasteiger partial charge in [-0.3, -0.25) is 14.5 Å². The van der Waals surface area contributed by atoms with Crippen LogP contribution in [-0.4, -0.2) is 25.7 Å². The van der Waals surface area contributed by atoms with E-state index in [1.807, 2.05) is 17.5 Å². The van der Waals surface area contributed by atoms with E-state index in [-0.39, 0.29) is 12.5 Å². The number of aromatic amines is 1. The van der Waals surface area contributed by atoms with Gasteiger partial charge >= 0.3 is 0 Å². The number of hydrogen-bond acceptors (Lipinski definition) is 5. The van der Waals surface area contributed by atoms with E-state index in [0.717, 1.165) is 23.2 Å². The standard InChI is InChI=1S/C23H22ClN5OS2/c1-2-3-4-15-5-7-16(8-6-15)19-14-32-22(25-19)26-20(30)13-29-21(27-28-23(29)31)17-9-11-18(24)12-10-17/h5-12,14H,2-4,13H2,1H3,(H,28,31)(H,25,26,30). The van der Waals surface area contributed by atoms with Crippen LogP contribution in [0.15, 0.2) is 53.9 Å². The maximum atomic E-state index is 12.7. The lowest BCUT2D eigenvalue weighted by atomic mass is 10.1. The lowest BCUT2D eigenvalue weighted by Crippen LogP contribution is -2.19. The molecule has 0 fully saturated rings. The minimum absolute atomic E-state index is 0.0222. The monoisotopic (exact) mass is 483 g/mol. The second kappa shape index (κ2) is 10.2. The van der Waals surface area contributed by atoms with E-state index in [2.05, 4.69) is 51.7 Å². The molecule has 1 amide bonds. The number of nitrogens with zero attached hydrogens (tertiary/aromatic N) is 3. The highest BCUT2D eigenvalue weighted by Gasteiger charge is 2.14. The van der Waals surface area contributed by atoms with Gasteiger partial charge in [0.25, 0.3) is 0 Å². The van der Waals surface area contributed by atoms with Crippen LogP contribution >= 0.6 is 35.2 Å². The Hall–Kier alpha value is -2.81. The first kappa shape index (κ1) is 22.4. The fraction of sp³-hybridized carbons (Fsp3) is 0.217. The van der Waals surface area contributed by atoms with Crippen molar-refractivity contribution in [2.75, 3.05) is 5.32 Å². The fourth-order valence-corrected chi connectivity index (χ4v) is 4.33. The van der Waals surface area contributed by atoms with Crippen LogP contribution in [0.5, 0.6) is 0 Å². The van der Waals surface area contributed by atoms with Gasteiger partial charge in [0.2, 0.25) is 5.91 Å². The molecule has 0 aliphatic heterocycles. The molecule has 2 aromatic heterocycles. The third kappa shape index (κ3) is 5.32. The van der Waals surface area contributed by atoms with Crippen LogP contribution < -0.4 is 5.32 Å². The Labute approximate surface area is 200 Å². The molecule has 6 nitrogen and oxygen atoms in total. The lowest BCUT2D eigenvalue weighted by Gasteiger charge is -2.07. The molecule has 9 heteroatoms. The number of rotatable bonds is 8. The number of benzene rings is 2. The van der Waals surface area contributed by atoms with Crippen LogP contribution in [-0.2, 0) is 17.8 Å². The molecule has 0 bridgehead atoms. The molecule has 2 aromatic carbocycles. The zero-order valence-corrected chi connectivity index (χ0v) is 19.9. The van der Waals surface area contributed by atoms with Gasteiger partial charge in [-0.1, -0.05) is 49.2 Å². The molecule has 32 heavy (non-hydrogen) atoms. The Morgan fingerprint density at radius 1 is 1.16 bits per heavy atom. The Morgan fingerprint density at radius 3 is 2.59 bits per heavy atom. The molecule has 0 aliphatic rings. The van der Waals surface area contributed by atoms with Crippen LogP contribution in [0.3, 0.4) is 0 Å². The zero-order valence-electron chi connectivity index (χ0n) is 17.5. The molecule has 0 saturated heterocycles. The first-order chi connectivity index (χ1) is 15.5. The summed E-state index contributed by atoms with van der Waals surface area (Å²) in [5.74, 6) is 0.346. The fourth-order valence-electron chi connectivity index (χ4n) is 3.27. The van der Waals surface area contributed by atoms with Crippen LogP contribution in [0, 0.1) is 4.77 Å². The average Bonchev–Trinajstić information content (AvgIpc) is 3.40. The summed E-state index contributed by atoms with van der Waals surface area (Å²) in [4.78, 5) is 17.3. The third-order valence-electron chi connectivity index (χ3n) is 4.98. The summed E-state index contributed by atoms with van der Waals surface area (Å²) in [7, 11) is 0. The smallest absolute Gasteiger partial charge is 0.246 e. The molecule has 4 aromatic rings. The largest absolute Gasteiger partial charge is 0.300 e. The van der Waals surface area contributed by atoms with Crippen molar-refractivity contribution in [3.8, 4) is 22.6 Å². The first-order valence-electron chi connectivity index (χ1n) is 10.3. The molecule has 0 atom stereocenters. The van der Waals surface area contributed by atoms with E-state index >= 15 is 0 Å². The number of aromatic nitrogens is 4. The van der Waals surface area contributed by atoms with E-state index in [0.29, 0.717) is 20.7 Å². The van der Waals surface area contributed by atoms with Crippen molar-refractivity contribution in [2.45, 2.75) is 32.7 Å². The highest BCUT2D eigenvalue weighted by Crippen LogP contribution is 2.26. The minimum Gasteiger partial charge on any atom is -0.300 e. The maximum Gasteiger partial charge on any atom is 0.246 e. The topological polar surface area (TPSA) is 75.6 Å². The van der Waals surface area contributed by atoms with Crippen molar-refractivity contribution in [3.05, 3.63) is 69.3 Å². The highest BCUT2D eigenvalue weighted by atomic mass is 35.5. The Bertz CT molecular complexity index is 1260. The number of anilines is 1. The number of carbonyl (C=O) groups excluding carboxylic acids is 1. The number of aryl methyl sites for hydroxylation is 1. The molecular formula is C23H22ClN5OS2. The molecule has 0 aliphatic carbocycles. The Balaban J connectivity index is 1.44. The lowest BCUT2D eigenvalue weighted by molar-refractivity contribution is -0.116. The normalized spacial score (nSPS) is 10.9. The minimum atomic E-state index is -0.228. The summed E-state index contributed by atoms with van der Waals surface area (Å²) in [6.45, 7) is 2.22. The summed E-state index contributed by atoms with van der Waals surface area (Å²) >= 11 is 12.7. The molecule has 4 rings (SSSR count). The summed E-state index contributed by atoms with van der Waals surface area (Å²) < 4.78 is 2.02. The van der Waals surface area contributed by atoms with Crippen molar-refractivity contribution >= 4 is 46.2 Å². The Morgan fingerprint density at radius 2 is 1.88 bits per heavy atom. The second-order valence-corrected chi connectivity index (χ2v) is 9.01. The Kier molecular flexibility index (Phi) is 7.14. The van der Waals surface area contributed by atoms with Crippen molar-refractivity contribution in [1.29, 1.82) is 0 Å². The van der Waals surface area contributed by atoms with E-state index in [4.69, 9.17) is 23.8 Å². The molecule has 2 heterocycles. The number of unbranched alkanes of at least 4 members (excludes halogenated alkanes) is 1. The third-order valence-corrected chi connectivity index (χ3v) is 6.30. The van der Waals surface area contributed by atoms with Gasteiger partial charge in [0.1, 0.15) is 6.54 Å². The predicted octanol–water partition coefficient (Wildman–Crippen LogP) is 6.37. The van der Waals surface area contributed by atoms with Crippen molar-refractivity contribution in [3.63, 3.8) is 0 Å².